The van der Waals surface area contributed by atoms with E-state index in [0.717, 1.165) is 27.3 Å². The average Bonchev–Trinajstić information content (AvgIpc) is 3.16. The maximum atomic E-state index is 13.3. The van der Waals surface area contributed by atoms with E-state index in [-0.39, 0.29) is 12.1 Å². The highest BCUT2D eigenvalue weighted by Crippen LogP contribution is 2.32. The van der Waals surface area contributed by atoms with E-state index in [0.29, 0.717) is 17.6 Å². The summed E-state index contributed by atoms with van der Waals surface area (Å²) in [6.45, 7) is 0.192. The summed E-state index contributed by atoms with van der Waals surface area (Å²) in [5.74, 6) is 4.02. The minimum absolute atomic E-state index is 0.104. The van der Waals surface area contributed by atoms with Crippen molar-refractivity contribution in [3.8, 4) is 29.2 Å². The lowest BCUT2D eigenvalue weighted by molar-refractivity contribution is 0.415. The summed E-state index contributed by atoms with van der Waals surface area (Å²) < 4.78 is 6.92. The highest BCUT2D eigenvalue weighted by molar-refractivity contribution is 7.17. The van der Waals surface area contributed by atoms with Gasteiger partial charge in [-0.1, -0.05) is 48.4 Å². The van der Waals surface area contributed by atoms with Crippen molar-refractivity contribution in [3.05, 3.63) is 81.7 Å². The Labute approximate surface area is 167 Å². The molecule has 0 bridgehead atoms. The van der Waals surface area contributed by atoms with Crippen LogP contribution in [0.25, 0.3) is 21.3 Å². The predicted molar refractivity (Wildman–Crippen MR) is 114 cm³/mol. The Hall–Kier alpha value is -3.36. The van der Waals surface area contributed by atoms with E-state index in [4.69, 9.17) is 16.1 Å². The zero-order valence-corrected chi connectivity index (χ0v) is 16.2. The molecule has 2 aromatic carbocycles. The molecule has 28 heavy (non-hydrogen) atoms. The molecule has 0 N–H and O–H groups in total. The zero-order chi connectivity index (χ0) is 19.5. The molecule has 0 saturated heterocycles. The van der Waals surface area contributed by atoms with Crippen LogP contribution in [0.5, 0.6) is 5.75 Å². The molecule has 4 rings (SSSR count). The summed E-state index contributed by atoms with van der Waals surface area (Å²) in [7, 11) is 1.63. The van der Waals surface area contributed by atoms with Crippen LogP contribution in [0.4, 0.5) is 0 Å². The molecule has 2 aromatic heterocycles. The molecule has 0 unspecified atom stereocenters. The fourth-order valence-corrected chi connectivity index (χ4v) is 4.19. The number of benzene rings is 2. The van der Waals surface area contributed by atoms with E-state index in [1.165, 1.54) is 11.3 Å². The summed E-state index contributed by atoms with van der Waals surface area (Å²) in [5.41, 5.74) is 2.76. The van der Waals surface area contributed by atoms with Crippen molar-refractivity contribution >= 4 is 21.6 Å². The van der Waals surface area contributed by atoms with Gasteiger partial charge in [0.25, 0.3) is 5.56 Å². The average molecular weight is 386 g/mol. The predicted octanol–water partition coefficient (Wildman–Crippen LogP) is 4.36. The summed E-state index contributed by atoms with van der Waals surface area (Å²) in [6, 6.07) is 17.6. The van der Waals surface area contributed by atoms with Crippen LogP contribution >= 0.6 is 11.3 Å². The van der Waals surface area contributed by atoms with E-state index in [1.54, 1.807) is 11.7 Å². The van der Waals surface area contributed by atoms with Gasteiger partial charge in [0.15, 0.2) is 0 Å². The van der Waals surface area contributed by atoms with Crippen molar-refractivity contribution in [3.63, 3.8) is 0 Å². The number of hydrogen-bond acceptors (Lipinski definition) is 4. The first-order valence-electron chi connectivity index (χ1n) is 8.84. The Kier molecular flexibility index (Phi) is 4.96. The molecular formula is C23H18N2O2S. The van der Waals surface area contributed by atoms with Crippen LogP contribution in [-0.4, -0.2) is 16.7 Å². The third-order valence-corrected chi connectivity index (χ3v) is 5.48. The largest absolute Gasteiger partial charge is 0.497 e. The first-order valence-corrected chi connectivity index (χ1v) is 9.72. The monoisotopic (exact) mass is 386 g/mol. The molecule has 0 saturated carbocycles. The molecule has 0 amide bonds. The Morgan fingerprint density at radius 2 is 2.00 bits per heavy atom. The smallest absolute Gasteiger partial charge is 0.263 e. The summed E-state index contributed by atoms with van der Waals surface area (Å²) >= 11 is 1.47. The number of nitrogens with zero attached hydrogens (tertiary/aromatic N) is 2. The second-order valence-corrected chi connectivity index (χ2v) is 7.21. The third kappa shape index (κ3) is 3.30. The fourth-order valence-electron chi connectivity index (χ4n) is 3.24. The molecule has 5 heteroatoms. The van der Waals surface area contributed by atoms with E-state index in [2.05, 4.69) is 5.92 Å². The van der Waals surface area contributed by atoms with Gasteiger partial charge in [-0.15, -0.1) is 17.8 Å². The highest BCUT2D eigenvalue weighted by atomic mass is 32.1. The first kappa shape index (κ1) is 18.0. The van der Waals surface area contributed by atoms with Gasteiger partial charge in [0.2, 0.25) is 0 Å². The van der Waals surface area contributed by atoms with Crippen molar-refractivity contribution < 1.29 is 4.74 Å². The molecule has 0 atom stereocenters. The van der Waals surface area contributed by atoms with Crippen LogP contribution < -0.4 is 10.3 Å². The Balaban J connectivity index is 1.90. The van der Waals surface area contributed by atoms with E-state index in [1.807, 2.05) is 60.0 Å². The number of ether oxygens (including phenoxy) is 1. The molecule has 0 radical (unpaired) electrons. The van der Waals surface area contributed by atoms with Gasteiger partial charge in [0, 0.05) is 17.4 Å². The number of thiophene rings is 1. The number of fused-ring (bicyclic) bond motifs is 1. The molecule has 0 aliphatic carbocycles. The maximum Gasteiger partial charge on any atom is 0.263 e. The fraction of sp³-hybridized carbons (Fsp3) is 0.130. The minimum Gasteiger partial charge on any atom is -0.497 e. The van der Waals surface area contributed by atoms with Gasteiger partial charge in [-0.25, -0.2) is 4.98 Å². The quantitative estimate of drug-likeness (QED) is 0.479. The van der Waals surface area contributed by atoms with E-state index >= 15 is 0 Å². The van der Waals surface area contributed by atoms with Crippen LogP contribution in [-0.2, 0) is 13.0 Å². The molecule has 0 spiro atoms. The topological polar surface area (TPSA) is 44.1 Å². The Morgan fingerprint density at radius 1 is 1.18 bits per heavy atom. The lowest BCUT2D eigenvalue weighted by atomic mass is 10.1. The van der Waals surface area contributed by atoms with Gasteiger partial charge in [-0.2, -0.15) is 0 Å². The molecule has 0 aliphatic heterocycles. The van der Waals surface area contributed by atoms with Crippen LogP contribution in [0.3, 0.4) is 0 Å². The van der Waals surface area contributed by atoms with E-state index < -0.39 is 0 Å². The Bertz CT molecular complexity index is 1230. The number of rotatable bonds is 5. The molecule has 138 valence electrons. The summed E-state index contributed by atoms with van der Waals surface area (Å²) in [4.78, 5) is 18.9. The second-order valence-electron chi connectivity index (χ2n) is 6.35. The number of methoxy groups -OCH3 is 1. The van der Waals surface area contributed by atoms with Gasteiger partial charge >= 0.3 is 0 Å². The second kappa shape index (κ2) is 7.71. The van der Waals surface area contributed by atoms with Gasteiger partial charge < -0.3 is 4.74 Å². The van der Waals surface area contributed by atoms with Gasteiger partial charge in [0.1, 0.15) is 16.4 Å². The number of aromatic nitrogens is 2. The zero-order valence-electron chi connectivity index (χ0n) is 15.4. The molecular weight excluding hydrogens is 368 g/mol. The highest BCUT2D eigenvalue weighted by Gasteiger charge is 2.17. The van der Waals surface area contributed by atoms with Crippen molar-refractivity contribution in [2.45, 2.75) is 13.0 Å². The molecule has 4 nitrogen and oxygen atoms in total. The molecule has 2 heterocycles. The standard InChI is InChI=1S/C23H18N2O2S/c1-3-12-25-20(13-16-8-5-4-6-9-16)24-22-21(23(25)26)19(15-28-22)17-10-7-11-18(14-17)27-2/h1,4-11,14-15H,12-13H2,2H3. The van der Waals surface area contributed by atoms with Crippen LogP contribution in [0.15, 0.2) is 64.8 Å². The van der Waals surface area contributed by atoms with Crippen molar-refractivity contribution in [2.24, 2.45) is 0 Å². The summed E-state index contributed by atoms with van der Waals surface area (Å²) in [5, 5.41) is 2.57. The molecule has 4 aromatic rings. The van der Waals surface area contributed by atoms with Gasteiger partial charge in [-0.05, 0) is 23.3 Å². The molecule has 0 fully saturated rings. The SMILES string of the molecule is C#CCn1c(Cc2ccccc2)nc2scc(-c3cccc(OC)c3)c2c1=O. The molecule has 0 aliphatic rings. The van der Waals surface area contributed by atoms with E-state index in [9.17, 15) is 4.79 Å². The van der Waals surface area contributed by atoms with Crippen molar-refractivity contribution in [1.82, 2.24) is 9.55 Å². The third-order valence-electron chi connectivity index (χ3n) is 4.61. The minimum atomic E-state index is -0.104. The summed E-state index contributed by atoms with van der Waals surface area (Å²) in [6.07, 6.45) is 6.10. The van der Waals surface area contributed by atoms with Gasteiger partial charge in [-0.3, -0.25) is 9.36 Å². The first-order chi connectivity index (χ1) is 13.7. The number of hydrogen-bond donors (Lipinski definition) is 0. The van der Waals surface area contributed by atoms with Crippen molar-refractivity contribution in [1.29, 1.82) is 0 Å². The Morgan fingerprint density at radius 3 is 2.75 bits per heavy atom. The van der Waals surface area contributed by atoms with Crippen LogP contribution in [0, 0.1) is 12.3 Å². The van der Waals surface area contributed by atoms with Crippen LogP contribution in [0.1, 0.15) is 11.4 Å². The lowest BCUT2D eigenvalue weighted by Gasteiger charge is -2.11. The number of terminal acetylenes is 1. The van der Waals surface area contributed by atoms with Crippen LogP contribution in [0.2, 0.25) is 0 Å². The normalized spacial score (nSPS) is 10.7. The van der Waals surface area contributed by atoms with Gasteiger partial charge in [0.05, 0.1) is 19.0 Å². The maximum absolute atomic E-state index is 13.3. The lowest BCUT2D eigenvalue weighted by Crippen LogP contribution is -2.25. The van der Waals surface area contributed by atoms with Crippen molar-refractivity contribution in [2.75, 3.05) is 7.11 Å².